The minimum atomic E-state index is -1.84. The van der Waals surface area contributed by atoms with E-state index in [-0.39, 0.29) is 16.5 Å². The van der Waals surface area contributed by atoms with Crippen LogP contribution in [0.5, 0.6) is 0 Å². The summed E-state index contributed by atoms with van der Waals surface area (Å²) >= 11 is 0. The predicted molar refractivity (Wildman–Crippen MR) is 72.8 cm³/mol. The fourth-order valence-corrected chi connectivity index (χ4v) is 2.14. The quantitative estimate of drug-likeness (QED) is 0.656. The molecule has 0 amide bonds. The first kappa shape index (κ1) is 14.2. The Hall–Kier alpha value is -0.873. The van der Waals surface area contributed by atoms with E-state index >= 15 is 0 Å². The van der Waals surface area contributed by atoms with Gasteiger partial charge in [-0.15, -0.1) is 0 Å². The second kappa shape index (κ2) is 4.78. The third kappa shape index (κ3) is 3.29. The van der Waals surface area contributed by atoms with Crippen LogP contribution in [0.1, 0.15) is 26.3 Å². The molecule has 0 aliphatic rings. The van der Waals surface area contributed by atoms with Gasteiger partial charge in [-0.05, 0) is 24.2 Å². The minimum Gasteiger partial charge on any atom is -0.412 e. The van der Waals surface area contributed by atoms with Gasteiger partial charge in [0.1, 0.15) is 0 Å². The monoisotopic (exact) mass is 255 g/mol. The molecular weight excluding hydrogens is 233 g/mol. The highest BCUT2D eigenvalue weighted by atomic mass is 28.4. The van der Waals surface area contributed by atoms with E-state index in [0.717, 1.165) is 0 Å². The van der Waals surface area contributed by atoms with E-state index in [4.69, 9.17) is 10.2 Å². The highest BCUT2D eigenvalue weighted by Gasteiger charge is 2.37. The molecule has 17 heavy (non-hydrogen) atoms. The summed E-state index contributed by atoms with van der Waals surface area (Å²) in [4.78, 5) is 0. The van der Waals surface area contributed by atoms with Gasteiger partial charge >= 0.3 is 0 Å². The maximum atomic E-state index is 13.7. The van der Waals surface area contributed by atoms with Crippen LogP contribution in [0.2, 0.25) is 18.1 Å². The first-order valence-corrected chi connectivity index (χ1v) is 8.73. The van der Waals surface area contributed by atoms with Gasteiger partial charge in [-0.25, -0.2) is 4.39 Å². The van der Waals surface area contributed by atoms with Crippen LogP contribution < -0.4 is 5.73 Å². The van der Waals surface area contributed by atoms with Crippen molar-refractivity contribution in [2.24, 2.45) is 0 Å². The van der Waals surface area contributed by atoms with E-state index in [1.54, 1.807) is 18.2 Å². The molecule has 2 N–H and O–H groups in total. The first-order valence-electron chi connectivity index (χ1n) is 5.82. The lowest BCUT2D eigenvalue weighted by Crippen LogP contribution is -2.40. The third-order valence-corrected chi connectivity index (χ3v) is 7.98. The van der Waals surface area contributed by atoms with Crippen LogP contribution in [-0.2, 0) is 11.0 Å². The lowest BCUT2D eigenvalue weighted by molar-refractivity contribution is 0.271. The summed E-state index contributed by atoms with van der Waals surface area (Å²) in [6.45, 7) is 11.1. The molecule has 0 fully saturated rings. The van der Waals surface area contributed by atoms with Gasteiger partial charge < -0.3 is 10.2 Å². The lowest BCUT2D eigenvalue weighted by Gasteiger charge is -2.36. The van der Waals surface area contributed by atoms with Crippen LogP contribution in [0.4, 0.5) is 10.1 Å². The van der Waals surface area contributed by atoms with Crippen molar-refractivity contribution >= 4 is 14.0 Å². The number of hydrogen-bond acceptors (Lipinski definition) is 2. The van der Waals surface area contributed by atoms with Gasteiger partial charge in [0.15, 0.2) is 14.1 Å². The predicted octanol–water partition coefficient (Wildman–Crippen LogP) is 3.93. The van der Waals surface area contributed by atoms with Crippen molar-refractivity contribution in [2.45, 2.75) is 45.5 Å². The second-order valence-corrected chi connectivity index (χ2v) is 10.7. The molecular formula is C13H22FNOSi. The lowest BCUT2D eigenvalue weighted by atomic mass is 10.2. The zero-order valence-electron chi connectivity index (χ0n) is 11.3. The summed E-state index contributed by atoms with van der Waals surface area (Å²) in [7, 11) is -1.84. The third-order valence-electron chi connectivity index (χ3n) is 3.50. The van der Waals surface area contributed by atoms with Gasteiger partial charge in [-0.1, -0.05) is 32.9 Å². The normalized spacial score (nSPS) is 12.8. The molecule has 0 saturated carbocycles. The maximum absolute atomic E-state index is 13.7. The first-order chi connectivity index (χ1) is 7.65. The molecule has 0 aliphatic carbocycles. The Morgan fingerprint density at radius 3 is 2.41 bits per heavy atom. The zero-order chi connectivity index (χ0) is 13.3. The molecule has 0 radical (unpaired) electrons. The van der Waals surface area contributed by atoms with Crippen molar-refractivity contribution < 1.29 is 8.82 Å². The Balaban J connectivity index is 2.78. The average Bonchev–Trinajstić information content (AvgIpc) is 2.18. The molecule has 1 aromatic carbocycles. The van der Waals surface area contributed by atoms with Crippen LogP contribution >= 0.6 is 0 Å². The van der Waals surface area contributed by atoms with Crippen LogP contribution in [0, 0.1) is 5.82 Å². The van der Waals surface area contributed by atoms with Crippen LogP contribution in [0.3, 0.4) is 0 Å². The Kier molecular flexibility index (Phi) is 3.99. The van der Waals surface area contributed by atoms with E-state index < -0.39 is 8.32 Å². The topological polar surface area (TPSA) is 35.2 Å². The van der Waals surface area contributed by atoms with Crippen LogP contribution in [-0.4, -0.2) is 8.32 Å². The Morgan fingerprint density at radius 2 is 1.88 bits per heavy atom. The number of halogens is 1. The fraction of sp³-hybridized carbons (Fsp3) is 0.538. The summed E-state index contributed by atoms with van der Waals surface area (Å²) in [6, 6.07) is 5.03. The van der Waals surface area contributed by atoms with Crippen LogP contribution in [0.15, 0.2) is 18.2 Å². The standard InChI is InChI=1S/C13H22FNOSi/c1-13(2,3)17(4,5)16-9-10-7-6-8-11(15)12(10)14/h6-8H,9,15H2,1-5H3. The van der Waals surface area contributed by atoms with Gasteiger partial charge in [0.05, 0.1) is 12.3 Å². The summed E-state index contributed by atoms with van der Waals surface area (Å²) in [5.74, 6) is -0.355. The van der Waals surface area contributed by atoms with Crippen molar-refractivity contribution in [2.75, 3.05) is 5.73 Å². The smallest absolute Gasteiger partial charge is 0.192 e. The van der Waals surface area contributed by atoms with E-state index in [9.17, 15) is 4.39 Å². The molecule has 4 heteroatoms. The number of rotatable bonds is 3. The number of hydrogen-bond donors (Lipinski definition) is 1. The minimum absolute atomic E-state index is 0.129. The van der Waals surface area contributed by atoms with Crippen LogP contribution in [0.25, 0.3) is 0 Å². The van der Waals surface area contributed by atoms with E-state index in [1.807, 2.05) is 0 Å². The van der Waals surface area contributed by atoms with Crippen molar-refractivity contribution in [3.63, 3.8) is 0 Å². The molecule has 0 saturated heterocycles. The summed E-state index contributed by atoms with van der Waals surface area (Å²) in [6.07, 6.45) is 0. The zero-order valence-corrected chi connectivity index (χ0v) is 12.3. The highest BCUT2D eigenvalue weighted by molar-refractivity contribution is 6.74. The van der Waals surface area contributed by atoms with E-state index in [0.29, 0.717) is 12.2 Å². The van der Waals surface area contributed by atoms with Crippen molar-refractivity contribution in [1.29, 1.82) is 0 Å². The summed E-state index contributed by atoms with van der Waals surface area (Å²) in [5, 5.41) is 0.129. The summed E-state index contributed by atoms with van der Waals surface area (Å²) in [5.41, 5.74) is 6.25. The number of nitrogens with two attached hydrogens (primary N) is 1. The molecule has 0 spiro atoms. The van der Waals surface area contributed by atoms with Gasteiger partial charge in [0.25, 0.3) is 0 Å². The molecule has 1 rings (SSSR count). The Labute approximate surface area is 104 Å². The maximum Gasteiger partial charge on any atom is 0.192 e. The molecule has 1 aromatic rings. The molecule has 0 aromatic heterocycles. The SMILES string of the molecule is CC(C)(C)[Si](C)(C)OCc1cccc(N)c1F. The second-order valence-electron chi connectivity index (χ2n) is 5.87. The van der Waals surface area contributed by atoms with Crippen molar-refractivity contribution in [1.82, 2.24) is 0 Å². The van der Waals surface area contributed by atoms with Gasteiger partial charge in [-0.2, -0.15) is 0 Å². The average molecular weight is 255 g/mol. The number of anilines is 1. The van der Waals surface area contributed by atoms with Gasteiger partial charge in [0.2, 0.25) is 0 Å². The molecule has 0 atom stereocenters. The summed E-state index contributed by atoms with van der Waals surface area (Å²) < 4.78 is 19.6. The largest absolute Gasteiger partial charge is 0.412 e. The number of nitrogen functional groups attached to an aromatic ring is 1. The molecule has 0 heterocycles. The van der Waals surface area contributed by atoms with Crippen molar-refractivity contribution in [3.8, 4) is 0 Å². The van der Waals surface area contributed by atoms with Gasteiger partial charge in [-0.3, -0.25) is 0 Å². The molecule has 0 aliphatic heterocycles. The highest BCUT2D eigenvalue weighted by Crippen LogP contribution is 2.37. The fourth-order valence-electron chi connectivity index (χ4n) is 1.19. The molecule has 0 unspecified atom stereocenters. The molecule has 96 valence electrons. The van der Waals surface area contributed by atoms with Gasteiger partial charge in [0, 0.05) is 5.56 Å². The number of benzene rings is 1. The molecule has 2 nitrogen and oxygen atoms in total. The Bertz CT molecular complexity index is 399. The molecule has 0 bridgehead atoms. The van der Waals surface area contributed by atoms with E-state index in [2.05, 4.69) is 33.9 Å². The van der Waals surface area contributed by atoms with Crippen molar-refractivity contribution in [3.05, 3.63) is 29.6 Å². The Morgan fingerprint density at radius 1 is 1.29 bits per heavy atom. The van der Waals surface area contributed by atoms with E-state index in [1.165, 1.54) is 0 Å².